The summed E-state index contributed by atoms with van der Waals surface area (Å²) in [4.78, 5) is 10.7. The van der Waals surface area contributed by atoms with E-state index >= 15 is 0 Å². The van der Waals surface area contributed by atoms with Crippen molar-refractivity contribution in [2.24, 2.45) is 0 Å². The molecule has 1 N–H and O–H groups in total. The maximum Gasteiger partial charge on any atom is 0.129 e. The fraction of sp³-hybridized carbons (Fsp3) is 0.636. The molecule has 0 aliphatic heterocycles. The molecule has 0 amide bonds. The second kappa shape index (κ2) is 6.48. The zero-order valence-corrected chi connectivity index (χ0v) is 9.48. The highest BCUT2D eigenvalue weighted by molar-refractivity contribution is 5.03. The molecule has 1 heterocycles. The average Bonchev–Trinajstić information content (AvgIpc) is 2.31. The van der Waals surface area contributed by atoms with Gasteiger partial charge in [-0.1, -0.05) is 13.8 Å². The van der Waals surface area contributed by atoms with Crippen molar-refractivity contribution >= 4 is 0 Å². The summed E-state index contributed by atoms with van der Waals surface area (Å²) in [6.45, 7) is 7.43. The Balaban J connectivity index is 2.43. The molecular weight excluding hydrogens is 190 g/mol. The lowest BCUT2D eigenvalue weighted by Gasteiger charge is -2.16. The van der Waals surface area contributed by atoms with E-state index in [0.29, 0.717) is 0 Å². The van der Waals surface area contributed by atoms with Crippen molar-refractivity contribution in [1.29, 1.82) is 0 Å². The molecule has 0 atom stereocenters. The highest BCUT2D eigenvalue weighted by Crippen LogP contribution is 1.98. The normalized spacial score (nSPS) is 10.9. The third-order valence-corrected chi connectivity index (χ3v) is 2.49. The fourth-order valence-corrected chi connectivity index (χ4v) is 1.39. The molecule has 0 saturated carbocycles. The number of aliphatic hydroxyl groups excluding tert-OH is 1. The van der Waals surface area contributed by atoms with Gasteiger partial charge in [0.15, 0.2) is 0 Å². The van der Waals surface area contributed by atoms with Gasteiger partial charge in [0, 0.05) is 30.9 Å². The molecule has 0 saturated heterocycles. The van der Waals surface area contributed by atoms with E-state index in [-0.39, 0.29) is 6.61 Å². The summed E-state index contributed by atoms with van der Waals surface area (Å²) in [7, 11) is 0. The van der Waals surface area contributed by atoms with Gasteiger partial charge < -0.3 is 10.0 Å². The number of aromatic nitrogens is 2. The van der Waals surface area contributed by atoms with Crippen LogP contribution < -0.4 is 0 Å². The molecule has 1 aromatic rings. The molecule has 84 valence electrons. The molecule has 0 bridgehead atoms. The van der Waals surface area contributed by atoms with Crippen molar-refractivity contribution in [3.05, 3.63) is 23.8 Å². The molecule has 4 nitrogen and oxygen atoms in total. The molecule has 0 aromatic carbocycles. The van der Waals surface area contributed by atoms with Crippen LogP contribution in [0.25, 0.3) is 0 Å². The van der Waals surface area contributed by atoms with Crippen LogP contribution in [0, 0.1) is 0 Å². The molecule has 4 heteroatoms. The van der Waals surface area contributed by atoms with Crippen LogP contribution in [-0.2, 0) is 13.0 Å². The predicted molar refractivity (Wildman–Crippen MR) is 59.4 cm³/mol. The van der Waals surface area contributed by atoms with Gasteiger partial charge in [0.25, 0.3) is 0 Å². The van der Waals surface area contributed by atoms with Crippen molar-refractivity contribution in [3.63, 3.8) is 0 Å². The molecule has 0 fully saturated rings. The smallest absolute Gasteiger partial charge is 0.129 e. The number of hydrogen-bond acceptors (Lipinski definition) is 4. The Labute approximate surface area is 91.0 Å². The van der Waals surface area contributed by atoms with Crippen molar-refractivity contribution in [1.82, 2.24) is 14.9 Å². The minimum atomic E-state index is 0.0102. The number of aliphatic hydroxyl groups is 1. The van der Waals surface area contributed by atoms with Crippen molar-refractivity contribution in [3.8, 4) is 0 Å². The first-order valence-corrected chi connectivity index (χ1v) is 5.43. The minimum Gasteiger partial charge on any atom is -0.392 e. The summed E-state index contributed by atoms with van der Waals surface area (Å²) in [6.07, 6.45) is 4.24. The van der Waals surface area contributed by atoms with E-state index in [1.807, 2.05) is 0 Å². The van der Waals surface area contributed by atoms with Gasteiger partial charge in [0.05, 0.1) is 6.61 Å². The first kappa shape index (κ1) is 12.1. The van der Waals surface area contributed by atoms with Gasteiger partial charge in [0.1, 0.15) is 5.82 Å². The van der Waals surface area contributed by atoms with E-state index in [4.69, 9.17) is 5.11 Å². The molecule has 15 heavy (non-hydrogen) atoms. The van der Waals surface area contributed by atoms with Gasteiger partial charge in [-0.25, -0.2) is 9.97 Å². The van der Waals surface area contributed by atoms with Gasteiger partial charge in [-0.05, 0) is 13.1 Å². The largest absolute Gasteiger partial charge is 0.392 e. The second-order valence-electron chi connectivity index (χ2n) is 3.44. The lowest BCUT2D eigenvalue weighted by atomic mass is 10.3. The fourth-order valence-electron chi connectivity index (χ4n) is 1.39. The average molecular weight is 209 g/mol. The Morgan fingerprint density at radius 2 is 1.80 bits per heavy atom. The third kappa shape index (κ3) is 3.93. The summed E-state index contributed by atoms with van der Waals surface area (Å²) in [5.41, 5.74) is 0.765. The van der Waals surface area contributed by atoms with Crippen LogP contribution in [0.15, 0.2) is 12.4 Å². The number of rotatable bonds is 6. The Bertz CT molecular complexity index is 270. The van der Waals surface area contributed by atoms with Crippen LogP contribution in [0.4, 0.5) is 0 Å². The van der Waals surface area contributed by atoms with Gasteiger partial charge in [-0.3, -0.25) is 0 Å². The second-order valence-corrected chi connectivity index (χ2v) is 3.44. The number of likely N-dealkylation sites (N-methyl/N-ethyl adjacent to an activating group) is 1. The van der Waals surface area contributed by atoms with Gasteiger partial charge in [0.2, 0.25) is 0 Å². The predicted octanol–water partition coefficient (Wildman–Crippen LogP) is 0.853. The van der Waals surface area contributed by atoms with Crippen LogP contribution in [-0.4, -0.2) is 39.6 Å². The van der Waals surface area contributed by atoms with Crippen LogP contribution in [0.2, 0.25) is 0 Å². The lowest BCUT2D eigenvalue weighted by molar-refractivity contribution is 0.280. The van der Waals surface area contributed by atoms with Gasteiger partial charge >= 0.3 is 0 Å². The van der Waals surface area contributed by atoms with E-state index < -0.39 is 0 Å². The van der Waals surface area contributed by atoms with E-state index in [2.05, 4.69) is 28.7 Å². The molecular formula is C11H19N3O. The topological polar surface area (TPSA) is 49.2 Å². The molecule has 1 aromatic heterocycles. The van der Waals surface area contributed by atoms with Crippen molar-refractivity contribution < 1.29 is 5.11 Å². The number of nitrogens with zero attached hydrogens (tertiary/aromatic N) is 3. The Hall–Kier alpha value is -1.00. The zero-order chi connectivity index (χ0) is 11.1. The summed E-state index contributed by atoms with van der Waals surface area (Å²) >= 11 is 0. The Kier molecular flexibility index (Phi) is 5.21. The maximum absolute atomic E-state index is 8.83. The van der Waals surface area contributed by atoms with Gasteiger partial charge in [-0.15, -0.1) is 0 Å². The highest BCUT2D eigenvalue weighted by atomic mass is 16.3. The lowest BCUT2D eigenvalue weighted by Crippen LogP contribution is -2.25. The Morgan fingerprint density at radius 1 is 1.20 bits per heavy atom. The van der Waals surface area contributed by atoms with Crippen molar-refractivity contribution in [2.75, 3.05) is 19.6 Å². The first-order valence-electron chi connectivity index (χ1n) is 5.43. The van der Waals surface area contributed by atoms with Crippen LogP contribution in [0.1, 0.15) is 25.2 Å². The quantitative estimate of drug-likeness (QED) is 0.754. The third-order valence-electron chi connectivity index (χ3n) is 2.49. The van der Waals surface area contributed by atoms with Crippen molar-refractivity contribution in [2.45, 2.75) is 26.9 Å². The van der Waals surface area contributed by atoms with Crippen LogP contribution in [0.5, 0.6) is 0 Å². The van der Waals surface area contributed by atoms with E-state index in [9.17, 15) is 0 Å². The summed E-state index contributed by atoms with van der Waals surface area (Å²) in [5, 5.41) is 8.83. The molecule has 0 radical (unpaired) electrons. The maximum atomic E-state index is 8.83. The highest BCUT2D eigenvalue weighted by Gasteiger charge is 2.01. The minimum absolute atomic E-state index is 0.0102. The standard InChI is InChI=1S/C11H19N3O/c1-3-14(4-2)6-5-11-12-7-10(9-15)8-13-11/h7-8,15H,3-6,9H2,1-2H3. The SMILES string of the molecule is CCN(CC)CCc1ncc(CO)cn1. The monoisotopic (exact) mass is 209 g/mol. The number of hydrogen-bond donors (Lipinski definition) is 1. The molecule has 0 aliphatic rings. The summed E-state index contributed by atoms with van der Waals surface area (Å²) < 4.78 is 0. The molecule has 1 rings (SSSR count). The van der Waals surface area contributed by atoms with E-state index in [0.717, 1.165) is 37.4 Å². The van der Waals surface area contributed by atoms with E-state index in [1.165, 1.54) is 0 Å². The molecule has 0 aliphatic carbocycles. The van der Waals surface area contributed by atoms with E-state index in [1.54, 1.807) is 12.4 Å². The molecule has 0 unspecified atom stereocenters. The van der Waals surface area contributed by atoms with Crippen LogP contribution >= 0.6 is 0 Å². The Morgan fingerprint density at radius 3 is 2.27 bits per heavy atom. The first-order chi connectivity index (χ1) is 7.30. The van der Waals surface area contributed by atoms with Gasteiger partial charge in [-0.2, -0.15) is 0 Å². The summed E-state index contributed by atoms with van der Waals surface area (Å²) in [5.74, 6) is 0.846. The summed E-state index contributed by atoms with van der Waals surface area (Å²) in [6, 6.07) is 0. The zero-order valence-electron chi connectivity index (χ0n) is 9.48. The molecule has 0 spiro atoms. The van der Waals surface area contributed by atoms with Crippen LogP contribution in [0.3, 0.4) is 0 Å².